The first-order chi connectivity index (χ1) is 8.08. The average molecular weight is 341 g/mol. The Morgan fingerprint density at radius 1 is 1.12 bits per heavy atom. The lowest BCUT2D eigenvalue weighted by molar-refractivity contribution is 0.103. The number of halogens is 2. The van der Waals surface area contributed by atoms with Crippen molar-refractivity contribution in [1.82, 2.24) is 0 Å². The zero-order valence-corrected chi connectivity index (χ0v) is 10.9. The molecule has 2 N–H and O–H groups in total. The van der Waals surface area contributed by atoms with Crippen molar-refractivity contribution >= 4 is 34.1 Å². The van der Waals surface area contributed by atoms with Gasteiger partial charge in [0.1, 0.15) is 5.82 Å². The number of hydrogen-bond acceptors (Lipinski definition) is 2. The Hall–Kier alpha value is -1.43. The van der Waals surface area contributed by atoms with E-state index in [0.29, 0.717) is 11.1 Å². The van der Waals surface area contributed by atoms with Crippen molar-refractivity contribution < 1.29 is 9.18 Å². The summed E-state index contributed by atoms with van der Waals surface area (Å²) in [5.41, 5.74) is 6.66. The summed E-state index contributed by atoms with van der Waals surface area (Å²) >= 11 is 2.16. The van der Waals surface area contributed by atoms with Gasteiger partial charge >= 0.3 is 0 Å². The van der Waals surface area contributed by atoms with Gasteiger partial charge in [0.05, 0.1) is 0 Å². The topological polar surface area (TPSA) is 43.1 Å². The molecule has 0 spiro atoms. The van der Waals surface area contributed by atoms with Crippen LogP contribution in [-0.4, -0.2) is 5.78 Å². The summed E-state index contributed by atoms with van der Waals surface area (Å²) in [4.78, 5) is 12.1. The number of hydrogen-bond donors (Lipinski definition) is 1. The van der Waals surface area contributed by atoms with E-state index in [9.17, 15) is 9.18 Å². The summed E-state index contributed by atoms with van der Waals surface area (Å²) in [5, 5.41) is 0. The van der Waals surface area contributed by atoms with Gasteiger partial charge in [-0.2, -0.15) is 0 Å². The van der Waals surface area contributed by atoms with Crippen LogP contribution in [0.25, 0.3) is 0 Å². The quantitative estimate of drug-likeness (QED) is 0.518. The largest absolute Gasteiger partial charge is 0.398 e. The monoisotopic (exact) mass is 341 g/mol. The van der Waals surface area contributed by atoms with E-state index in [0.717, 1.165) is 9.64 Å². The summed E-state index contributed by atoms with van der Waals surface area (Å²) in [5.74, 6) is -0.638. The lowest BCUT2D eigenvalue weighted by Crippen LogP contribution is -2.05. The number of anilines is 1. The van der Waals surface area contributed by atoms with Gasteiger partial charge in [0.2, 0.25) is 0 Å². The van der Waals surface area contributed by atoms with Gasteiger partial charge in [0, 0.05) is 20.4 Å². The highest BCUT2D eigenvalue weighted by atomic mass is 127. The minimum absolute atomic E-state index is 0.161. The minimum Gasteiger partial charge on any atom is -0.398 e. The van der Waals surface area contributed by atoms with Gasteiger partial charge in [-0.25, -0.2) is 4.39 Å². The molecule has 0 aromatic heterocycles. The van der Waals surface area contributed by atoms with E-state index in [4.69, 9.17) is 5.73 Å². The standard InChI is InChI=1S/C13H9FINO/c14-9-3-6-11(12(16)7-9)13(17)8-1-4-10(15)5-2-8/h1-7H,16H2. The molecule has 2 aromatic rings. The average Bonchev–Trinajstić information content (AvgIpc) is 2.29. The van der Waals surface area contributed by atoms with Gasteiger partial charge in [-0.1, -0.05) is 0 Å². The molecule has 17 heavy (non-hydrogen) atoms. The zero-order chi connectivity index (χ0) is 12.4. The lowest BCUT2D eigenvalue weighted by atomic mass is 10.0. The van der Waals surface area contributed by atoms with Crippen molar-refractivity contribution in [2.45, 2.75) is 0 Å². The second-order valence-electron chi connectivity index (χ2n) is 3.57. The van der Waals surface area contributed by atoms with E-state index < -0.39 is 5.82 Å². The zero-order valence-electron chi connectivity index (χ0n) is 8.78. The second kappa shape index (κ2) is 4.83. The van der Waals surface area contributed by atoms with E-state index in [1.165, 1.54) is 12.1 Å². The first-order valence-corrected chi connectivity index (χ1v) is 6.01. The van der Waals surface area contributed by atoms with E-state index >= 15 is 0 Å². The van der Waals surface area contributed by atoms with Gasteiger partial charge in [-0.05, 0) is 65.1 Å². The van der Waals surface area contributed by atoms with E-state index in [-0.39, 0.29) is 11.5 Å². The van der Waals surface area contributed by atoms with Gasteiger partial charge in [-0.15, -0.1) is 0 Å². The van der Waals surface area contributed by atoms with Crippen LogP contribution in [0.1, 0.15) is 15.9 Å². The molecule has 0 saturated heterocycles. The van der Waals surface area contributed by atoms with Crippen molar-refractivity contribution in [1.29, 1.82) is 0 Å². The lowest BCUT2D eigenvalue weighted by Gasteiger charge is -2.05. The minimum atomic E-state index is -0.443. The summed E-state index contributed by atoms with van der Waals surface area (Å²) in [7, 11) is 0. The molecular weight excluding hydrogens is 332 g/mol. The number of benzene rings is 2. The van der Waals surface area contributed by atoms with Gasteiger partial charge < -0.3 is 5.73 Å². The summed E-state index contributed by atoms with van der Waals surface area (Å²) in [6.45, 7) is 0. The smallest absolute Gasteiger partial charge is 0.195 e. The molecule has 0 bridgehead atoms. The molecule has 0 unspecified atom stereocenters. The molecule has 0 radical (unpaired) electrons. The van der Waals surface area contributed by atoms with E-state index in [1.54, 1.807) is 12.1 Å². The van der Waals surface area contributed by atoms with Crippen LogP contribution >= 0.6 is 22.6 Å². The van der Waals surface area contributed by atoms with Crippen molar-refractivity contribution in [3.8, 4) is 0 Å². The normalized spacial score (nSPS) is 10.2. The number of rotatable bonds is 2. The molecule has 0 atom stereocenters. The van der Waals surface area contributed by atoms with Crippen LogP contribution in [0.15, 0.2) is 42.5 Å². The molecule has 2 rings (SSSR count). The number of nitrogens with two attached hydrogens (primary N) is 1. The Balaban J connectivity index is 2.40. The molecule has 0 aliphatic carbocycles. The maximum absolute atomic E-state index is 12.9. The van der Waals surface area contributed by atoms with Crippen LogP contribution in [0.5, 0.6) is 0 Å². The van der Waals surface area contributed by atoms with Crippen molar-refractivity contribution in [3.63, 3.8) is 0 Å². The molecule has 4 heteroatoms. The Morgan fingerprint density at radius 2 is 1.76 bits per heavy atom. The van der Waals surface area contributed by atoms with E-state index in [1.807, 2.05) is 12.1 Å². The van der Waals surface area contributed by atoms with Crippen molar-refractivity contribution in [2.24, 2.45) is 0 Å². The second-order valence-corrected chi connectivity index (χ2v) is 4.81. The Bertz CT molecular complexity index is 566. The highest BCUT2D eigenvalue weighted by Gasteiger charge is 2.12. The molecule has 0 amide bonds. The summed E-state index contributed by atoms with van der Waals surface area (Å²) in [6.07, 6.45) is 0. The first kappa shape index (κ1) is 12.0. The maximum atomic E-state index is 12.9. The van der Waals surface area contributed by atoms with Gasteiger partial charge in [0.15, 0.2) is 5.78 Å². The summed E-state index contributed by atoms with van der Waals surface area (Å²) in [6, 6.07) is 10.9. The van der Waals surface area contributed by atoms with Crippen LogP contribution in [0.3, 0.4) is 0 Å². The Kier molecular flexibility index (Phi) is 3.42. The molecule has 0 fully saturated rings. The molecule has 0 aliphatic rings. The fourth-order valence-electron chi connectivity index (χ4n) is 1.50. The van der Waals surface area contributed by atoms with Crippen molar-refractivity contribution in [3.05, 3.63) is 63.0 Å². The number of ketones is 1. The third-order valence-electron chi connectivity index (χ3n) is 2.36. The first-order valence-electron chi connectivity index (χ1n) is 4.93. The number of nitrogen functional groups attached to an aromatic ring is 1. The number of carbonyl (C=O) groups excluding carboxylic acids is 1. The molecule has 2 nitrogen and oxygen atoms in total. The molecule has 0 aliphatic heterocycles. The molecule has 0 heterocycles. The van der Waals surface area contributed by atoms with Crippen LogP contribution in [0.4, 0.5) is 10.1 Å². The predicted octanol–water partition coefficient (Wildman–Crippen LogP) is 3.24. The summed E-state index contributed by atoms with van der Waals surface area (Å²) < 4.78 is 13.9. The fraction of sp³-hybridized carbons (Fsp3) is 0. The molecule has 86 valence electrons. The van der Waals surface area contributed by atoms with E-state index in [2.05, 4.69) is 22.6 Å². The highest BCUT2D eigenvalue weighted by molar-refractivity contribution is 14.1. The van der Waals surface area contributed by atoms with Crippen LogP contribution in [-0.2, 0) is 0 Å². The SMILES string of the molecule is Nc1cc(F)ccc1C(=O)c1ccc(I)cc1. The Labute approximate surface area is 112 Å². The third-order valence-corrected chi connectivity index (χ3v) is 3.08. The van der Waals surface area contributed by atoms with Crippen LogP contribution < -0.4 is 5.73 Å². The van der Waals surface area contributed by atoms with Crippen molar-refractivity contribution in [2.75, 3.05) is 5.73 Å². The predicted molar refractivity (Wildman–Crippen MR) is 73.4 cm³/mol. The van der Waals surface area contributed by atoms with Gasteiger partial charge in [0.25, 0.3) is 0 Å². The molecular formula is C13H9FINO. The number of carbonyl (C=O) groups is 1. The van der Waals surface area contributed by atoms with Crippen LogP contribution in [0.2, 0.25) is 0 Å². The molecule has 2 aromatic carbocycles. The van der Waals surface area contributed by atoms with Crippen LogP contribution in [0, 0.1) is 9.39 Å². The third kappa shape index (κ3) is 2.63. The maximum Gasteiger partial charge on any atom is 0.195 e. The highest BCUT2D eigenvalue weighted by Crippen LogP contribution is 2.18. The van der Waals surface area contributed by atoms with Gasteiger partial charge in [-0.3, -0.25) is 4.79 Å². The molecule has 0 saturated carbocycles. The Morgan fingerprint density at radius 3 is 2.35 bits per heavy atom. The fourth-order valence-corrected chi connectivity index (χ4v) is 1.86.